The van der Waals surface area contributed by atoms with Crippen molar-refractivity contribution in [3.8, 4) is 11.1 Å². The van der Waals surface area contributed by atoms with Crippen molar-refractivity contribution in [2.75, 3.05) is 61.5 Å². The Hall–Kier alpha value is -3.09. The molecule has 2 fully saturated rings. The number of aliphatic hydroxyl groups excluding tert-OH is 1. The highest BCUT2D eigenvalue weighted by molar-refractivity contribution is 5.91. The van der Waals surface area contributed by atoms with Crippen molar-refractivity contribution in [1.82, 2.24) is 9.88 Å². The monoisotopic (exact) mass is 523 g/mol. The zero-order chi connectivity index (χ0) is 26.6. The molecule has 2 aliphatic rings. The highest BCUT2D eigenvalue weighted by Crippen LogP contribution is 2.32. The molecular formula is C25H32F3N5O4. The Morgan fingerprint density at radius 3 is 2.70 bits per heavy atom. The minimum atomic E-state index is -4.73. The number of aryl methyl sites for hydroxylation is 1. The molecule has 3 N–H and O–H groups in total. The molecule has 0 aliphatic carbocycles. The van der Waals surface area contributed by atoms with Crippen LogP contribution in [-0.4, -0.2) is 85.5 Å². The summed E-state index contributed by atoms with van der Waals surface area (Å²) in [5.74, 6) is 1.39. The third-order valence-electron chi connectivity index (χ3n) is 6.26. The van der Waals surface area contributed by atoms with E-state index in [0.717, 1.165) is 22.5 Å². The van der Waals surface area contributed by atoms with Crippen LogP contribution in [0.4, 0.5) is 35.3 Å². The number of alkyl halides is 3. The van der Waals surface area contributed by atoms with E-state index in [1.165, 1.54) is 4.90 Å². The number of carbonyl (C=O) groups excluding carboxylic acids is 1. The first-order valence-electron chi connectivity index (χ1n) is 12.3. The number of benzene rings is 1. The molecule has 37 heavy (non-hydrogen) atoms. The Balaban J connectivity index is 1.54. The maximum absolute atomic E-state index is 12.7. The summed E-state index contributed by atoms with van der Waals surface area (Å²) in [6.07, 6.45) is -6.22. The number of ether oxygens (including phenoxy) is 2. The zero-order valence-electron chi connectivity index (χ0n) is 20.8. The normalized spacial score (nSPS) is 19.1. The molecule has 9 nitrogen and oxygen atoms in total. The number of anilines is 3. The van der Waals surface area contributed by atoms with E-state index < -0.39 is 24.6 Å². The third kappa shape index (κ3) is 7.46. The van der Waals surface area contributed by atoms with Gasteiger partial charge in [-0.3, -0.25) is 4.74 Å². The van der Waals surface area contributed by atoms with E-state index in [2.05, 4.69) is 20.3 Å². The quantitative estimate of drug-likeness (QED) is 0.507. The maximum Gasteiger partial charge on any atom is 0.522 e. The summed E-state index contributed by atoms with van der Waals surface area (Å²) in [4.78, 5) is 20.9. The second-order valence-corrected chi connectivity index (χ2v) is 9.31. The topological polar surface area (TPSA) is 99.2 Å². The Morgan fingerprint density at radius 1 is 1.24 bits per heavy atom. The highest BCUT2D eigenvalue weighted by Gasteiger charge is 2.37. The van der Waals surface area contributed by atoms with Gasteiger partial charge in [-0.05, 0) is 61.2 Å². The average Bonchev–Trinajstić information content (AvgIpc) is 3.31. The van der Waals surface area contributed by atoms with Crippen LogP contribution in [0.2, 0.25) is 0 Å². The van der Waals surface area contributed by atoms with Crippen molar-refractivity contribution in [1.29, 1.82) is 0 Å². The number of aromatic nitrogens is 1. The predicted octanol–water partition coefficient (Wildman–Crippen LogP) is 3.83. The Bertz CT molecular complexity index is 1090. The lowest BCUT2D eigenvalue weighted by Crippen LogP contribution is -2.36. The van der Waals surface area contributed by atoms with Crippen LogP contribution in [0.5, 0.6) is 0 Å². The second kappa shape index (κ2) is 11.5. The van der Waals surface area contributed by atoms with Gasteiger partial charge in [-0.2, -0.15) is 0 Å². The summed E-state index contributed by atoms with van der Waals surface area (Å²) < 4.78 is 47.1. The largest absolute Gasteiger partial charge is 0.522 e. The molecule has 2 aromatic rings. The molecule has 2 atom stereocenters. The molecule has 2 aliphatic heterocycles. The summed E-state index contributed by atoms with van der Waals surface area (Å²) in [6, 6.07) is 8.86. The van der Waals surface area contributed by atoms with E-state index in [1.807, 2.05) is 31.2 Å². The van der Waals surface area contributed by atoms with Gasteiger partial charge in [0.05, 0.1) is 25.4 Å². The number of amides is 2. The van der Waals surface area contributed by atoms with Crippen molar-refractivity contribution in [3.05, 3.63) is 35.9 Å². The van der Waals surface area contributed by atoms with Gasteiger partial charge >= 0.3 is 12.4 Å². The van der Waals surface area contributed by atoms with Gasteiger partial charge in [-0.1, -0.05) is 6.07 Å². The van der Waals surface area contributed by atoms with Crippen LogP contribution in [0.1, 0.15) is 18.9 Å². The fraction of sp³-hybridized carbons (Fsp3) is 0.520. The second-order valence-electron chi connectivity index (χ2n) is 9.31. The molecule has 3 heterocycles. The van der Waals surface area contributed by atoms with Crippen LogP contribution in [-0.2, 0) is 9.47 Å². The molecule has 0 bridgehead atoms. The van der Waals surface area contributed by atoms with Crippen molar-refractivity contribution in [2.45, 2.75) is 38.8 Å². The number of pyridine rings is 1. The molecule has 1 aromatic heterocycles. The number of hydrogen-bond donors (Lipinski definition) is 3. The lowest BCUT2D eigenvalue weighted by atomic mass is 10.00. The van der Waals surface area contributed by atoms with Crippen LogP contribution < -0.4 is 15.5 Å². The van der Waals surface area contributed by atoms with Crippen LogP contribution >= 0.6 is 0 Å². The predicted molar refractivity (Wildman–Crippen MR) is 134 cm³/mol. The molecule has 12 heteroatoms. The number of likely N-dealkylation sites (tertiary alicyclic amines) is 1. The minimum Gasteiger partial charge on any atom is -0.392 e. The number of hydrogen-bond acceptors (Lipinski definition) is 7. The Kier molecular flexibility index (Phi) is 8.40. The van der Waals surface area contributed by atoms with Gasteiger partial charge in [0.2, 0.25) is 0 Å². The SMILES string of the molecule is Cc1ccc(NC(=O)N2CCC(OC(F)(F)F)C2)cc1-c1cc(NCC(C)O)nc(N2CCOCC2)c1. The number of halogens is 3. The van der Waals surface area contributed by atoms with Gasteiger partial charge in [0, 0.05) is 38.4 Å². The summed E-state index contributed by atoms with van der Waals surface area (Å²) in [5.41, 5.74) is 3.24. The summed E-state index contributed by atoms with van der Waals surface area (Å²) in [6.45, 7) is 6.65. The number of aliphatic hydroxyl groups is 1. The fourth-order valence-corrected chi connectivity index (χ4v) is 4.38. The smallest absolute Gasteiger partial charge is 0.392 e. The number of nitrogens with one attached hydrogen (secondary N) is 2. The van der Waals surface area contributed by atoms with Crippen LogP contribution in [0.3, 0.4) is 0 Å². The lowest BCUT2D eigenvalue weighted by molar-refractivity contribution is -0.340. The summed E-state index contributed by atoms with van der Waals surface area (Å²) >= 11 is 0. The van der Waals surface area contributed by atoms with E-state index in [9.17, 15) is 23.1 Å². The lowest BCUT2D eigenvalue weighted by Gasteiger charge is -2.28. The van der Waals surface area contributed by atoms with Gasteiger partial charge in [0.1, 0.15) is 11.6 Å². The average molecular weight is 524 g/mol. The zero-order valence-corrected chi connectivity index (χ0v) is 20.8. The Morgan fingerprint density at radius 2 is 2.00 bits per heavy atom. The molecule has 2 unspecified atom stereocenters. The molecule has 2 amide bonds. The summed E-state index contributed by atoms with van der Waals surface area (Å²) in [5, 5.41) is 15.7. The third-order valence-corrected chi connectivity index (χ3v) is 6.26. The van der Waals surface area contributed by atoms with Gasteiger partial charge in [-0.25, -0.2) is 9.78 Å². The number of nitrogens with zero attached hydrogens (tertiary/aromatic N) is 3. The number of carbonyl (C=O) groups is 1. The van der Waals surface area contributed by atoms with Crippen molar-refractivity contribution < 1.29 is 32.5 Å². The van der Waals surface area contributed by atoms with Gasteiger partial charge in [0.15, 0.2) is 0 Å². The number of morpholine rings is 1. The van der Waals surface area contributed by atoms with Gasteiger partial charge < -0.3 is 30.3 Å². The first kappa shape index (κ1) is 27.0. The number of rotatable bonds is 7. The van der Waals surface area contributed by atoms with E-state index in [-0.39, 0.29) is 19.5 Å². The molecular weight excluding hydrogens is 491 g/mol. The standard InChI is InChI=1S/C25H32F3N5O4/c1-16-3-4-19(30-24(35)33-6-5-20(15-33)37-25(26,27)28)13-21(16)18-11-22(29-14-17(2)34)31-23(12-18)32-7-9-36-10-8-32/h3-4,11-13,17,20,34H,5-10,14-15H2,1-2H3,(H,29,31)(H,30,35). The molecule has 0 saturated carbocycles. The summed E-state index contributed by atoms with van der Waals surface area (Å²) in [7, 11) is 0. The van der Waals surface area contributed by atoms with E-state index in [0.29, 0.717) is 44.4 Å². The minimum absolute atomic E-state index is 0.121. The molecule has 2 saturated heterocycles. The van der Waals surface area contributed by atoms with Crippen LogP contribution in [0.25, 0.3) is 11.1 Å². The molecule has 0 spiro atoms. The van der Waals surface area contributed by atoms with Gasteiger partial charge in [-0.15, -0.1) is 13.2 Å². The van der Waals surface area contributed by atoms with E-state index in [1.54, 1.807) is 13.0 Å². The maximum atomic E-state index is 12.7. The van der Waals surface area contributed by atoms with Crippen LogP contribution in [0, 0.1) is 6.92 Å². The number of urea groups is 1. The van der Waals surface area contributed by atoms with Crippen LogP contribution in [0.15, 0.2) is 30.3 Å². The van der Waals surface area contributed by atoms with Gasteiger partial charge in [0.25, 0.3) is 0 Å². The molecule has 202 valence electrons. The van der Waals surface area contributed by atoms with Crippen molar-refractivity contribution in [3.63, 3.8) is 0 Å². The molecule has 0 radical (unpaired) electrons. The fourth-order valence-electron chi connectivity index (χ4n) is 4.38. The molecule has 1 aromatic carbocycles. The first-order valence-corrected chi connectivity index (χ1v) is 12.3. The Labute approximate surface area is 213 Å². The van der Waals surface area contributed by atoms with Crippen molar-refractivity contribution >= 4 is 23.4 Å². The first-order chi connectivity index (χ1) is 17.6. The van der Waals surface area contributed by atoms with E-state index in [4.69, 9.17) is 9.72 Å². The molecule has 4 rings (SSSR count). The van der Waals surface area contributed by atoms with Crippen molar-refractivity contribution in [2.24, 2.45) is 0 Å². The van der Waals surface area contributed by atoms with E-state index >= 15 is 0 Å². The highest BCUT2D eigenvalue weighted by atomic mass is 19.4.